The highest BCUT2D eigenvalue weighted by Crippen LogP contribution is 2.22. The number of nitrogens with one attached hydrogen (secondary N) is 1. The molecule has 0 aliphatic carbocycles. The van der Waals surface area contributed by atoms with Crippen molar-refractivity contribution in [3.05, 3.63) is 23.0 Å². The van der Waals surface area contributed by atoms with Crippen LogP contribution in [0, 0.1) is 6.92 Å². The maximum Gasteiger partial charge on any atom is 0.357 e. The van der Waals surface area contributed by atoms with Gasteiger partial charge in [-0.25, -0.2) is 9.78 Å². The Hall–Kier alpha value is -1.58. The van der Waals surface area contributed by atoms with E-state index >= 15 is 0 Å². The van der Waals surface area contributed by atoms with Gasteiger partial charge in [-0.15, -0.1) is 0 Å². The summed E-state index contributed by atoms with van der Waals surface area (Å²) in [6.45, 7) is 5.06. The van der Waals surface area contributed by atoms with Crippen LogP contribution in [-0.2, 0) is 11.2 Å². The number of nitrogens with zero attached hydrogens (tertiary/aromatic N) is 1. The van der Waals surface area contributed by atoms with Crippen LogP contribution in [-0.4, -0.2) is 24.1 Å². The quantitative estimate of drug-likeness (QED) is 0.798. The zero-order valence-electron chi connectivity index (χ0n) is 10.4. The fourth-order valence-electron chi connectivity index (χ4n) is 2.04. The topological polar surface area (TPSA) is 51.2 Å². The molecule has 1 aromatic heterocycles. The molecule has 1 aromatic rings. The number of pyridine rings is 1. The molecule has 0 saturated carbocycles. The van der Waals surface area contributed by atoms with Crippen LogP contribution < -0.4 is 5.32 Å². The van der Waals surface area contributed by atoms with Crippen LogP contribution in [0.4, 0.5) is 5.69 Å². The van der Waals surface area contributed by atoms with Gasteiger partial charge < -0.3 is 10.1 Å². The van der Waals surface area contributed by atoms with Gasteiger partial charge in [0.25, 0.3) is 0 Å². The van der Waals surface area contributed by atoms with Gasteiger partial charge >= 0.3 is 5.97 Å². The monoisotopic (exact) mass is 234 g/mol. The molecule has 2 rings (SSSR count). The first kappa shape index (κ1) is 11.9. The molecule has 0 unspecified atom stereocenters. The van der Waals surface area contributed by atoms with E-state index in [1.165, 1.54) is 0 Å². The van der Waals surface area contributed by atoms with Gasteiger partial charge in [0.2, 0.25) is 0 Å². The van der Waals surface area contributed by atoms with E-state index in [2.05, 4.69) is 10.3 Å². The predicted octanol–water partition coefficient (Wildman–Crippen LogP) is 2.31. The van der Waals surface area contributed by atoms with E-state index in [1.54, 1.807) is 6.92 Å². The van der Waals surface area contributed by atoms with Gasteiger partial charge in [-0.3, -0.25) is 0 Å². The second kappa shape index (κ2) is 5.17. The number of aryl methyl sites for hydroxylation is 2. The Balaban J connectivity index is 2.35. The Morgan fingerprint density at radius 1 is 1.53 bits per heavy atom. The van der Waals surface area contributed by atoms with Gasteiger partial charge in [-0.1, -0.05) is 0 Å². The number of rotatable bonds is 2. The van der Waals surface area contributed by atoms with Crippen molar-refractivity contribution >= 4 is 11.7 Å². The minimum atomic E-state index is -0.322. The van der Waals surface area contributed by atoms with Gasteiger partial charge in [0, 0.05) is 6.54 Å². The summed E-state index contributed by atoms with van der Waals surface area (Å²) in [7, 11) is 0. The van der Waals surface area contributed by atoms with E-state index in [0.717, 1.165) is 42.8 Å². The molecule has 1 aliphatic heterocycles. The molecule has 4 nitrogen and oxygen atoms in total. The summed E-state index contributed by atoms with van der Waals surface area (Å²) < 4.78 is 5.01. The van der Waals surface area contributed by atoms with Crippen molar-refractivity contribution in [2.75, 3.05) is 18.5 Å². The first-order valence-corrected chi connectivity index (χ1v) is 6.14. The van der Waals surface area contributed by atoms with E-state index in [4.69, 9.17) is 4.74 Å². The van der Waals surface area contributed by atoms with Gasteiger partial charge in [-0.2, -0.15) is 0 Å². The summed E-state index contributed by atoms with van der Waals surface area (Å²) in [4.78, 5) is 16.2. The summed E-state index contributed by atoms with van der Waals surface area (Å²) in [6.07, 6.45) is 3.18. The van der Waals surface area contributed by atoms with E-state index in [-0.39, 0.29) is 5.97 Å². The van der Waals surface area contributed by atoms with Crippen molar-refractivity contribution < 1.29 is 9.53 Å². The lowest BCUT2D eigenvalue weighted by Gasteiger charge is -2.11. The number of ether oxygens (including phenoxy) is 1. The number of anilines is 1. The smallest absolute Gasteiger partial charge is 0.357 e. The van der Waals surface area contributed by atoms with Gasteiger partial charge in [0.1, 0.15) is 0 Å². The van der Waals surface area contributed by atoms with E-state index in [1.807, 2.05) is 13.0 Å². The van der Waals surface area contributed by atoms with E-state index in [9.17, 15) is 4.79 Å². The van der Waals surface area contributed by atoms with Crippen LogP contribution in [0.1, 0.15) is 41.5 Å². The minimum Gasteiger partial charge on any atom is -0.461 e. The molecule has 4 heteroatoms. The first-order valence-electron chi connectivity index (χ1n) is 6.14. The van der Waals surface area contributed by atoms with Crippen LogP contribution in [0.3, 0.4) is 0 Å². The van der Waals surface area contributed by atoms with Crippen LogP contribution in [0.25, 0.3) is 0 Å². The van der Waals surface area contributed by atoms with Crippen molar-refractivity contribution in [3.8, 4) is 0 Å². The number of carbonyl (C=O) groups excluding carboxylic acids is 1. The van der Waals surface area contributed by atoms with Crippen molar-refractivity contribution in [1.29, 1.82) is 0 Å². The highest BCUT2D eigenvalue weighted by molar-refractivity contribution is 5.89. The molecule has 0 atom stereocenters. The molecule has 0 bridgehead atoms. The normalized spacial score (nSPS) is 14.5. The number of esters is 1. The largest absolute Gasteiger partial charge is 0.461 e. The fourth-order valence-corrected chi connectivity index (χ4v) is 2.04. The van der Waals surface area contributed by atoms with Crippen molar-refractivity contribution in [2.45, 2.75) is 33.1 Å². The molecule has 2 heterocycles. The molecule has 92 valence electrons. The second-order valence-electron chi connectivity index (χ2n) is 4.25. The Bertz CT molecular complexity index is 430. The van der Waals surface area contributed by atoms with Gasteiger partial charge in [0.15, 0.2) is 5.69 Å². The molecule has 1 aliphatic rings. The van der Waals surface area contributed by atoms with Crippen LogP contribution in [0.5, 0.6) is 0 Å². The SMILES string of the molecule is CCOC(=O)c1nc2c(cc1C)NCCCC2. The summed E-state index contributed by atoms with van der Waals surface area (Å²) in [5, 5.41) is 3.35. The molecular formula is C13H18N2O2. The molecule has 0 amide bonds. The van der Waals surface area contributed by atoms with Crippen LogP contribution in [0.2, 0.25) is 0 Å². The molecule has 0 spiro atoms. The molecule has 0 aromatic carbocycles. The molecule has 1 N–H and O–H groups in total. The third kappa shape index (κ3) is 2.57. The number of carbonyl (C=O) groups is 1. The average molecular weight is 234 g/mol. The minimum absolute atomic E-state index is 0.322. The molecule has 17 heavy (non-hydrogen) atoms. The standard InChI is InChI=1S/C13H18N2O2/c1-3-17-13(16)12-9(2)8-11-10(15-12)6-4-5-7-14-11/h8,14H,3-7H2,1-2H3. The Kier molecular flexibility index (Phi) is 3.61. The average Bonchev–Trinajstić information content (AvgIpc) is 2.52. The summed E-state index contributed by atoms with van der Waals surface area (Å²) in [5.41, 5.74) is 3.37. The number of hydrogen-bond acceptors (Lipinski definition) is 4. The molecule has 0 radical (unpaired) electrons. The highest BCUT2D eigenvalue weighted by atomic mass is 16.5. The third-order valence-corrected chi connectivity index (χ3v) is 2.92. The van der Waals surface area contributed by atoms with E-state index in [0.29, 0.717) is 12.3 Å². The third-order valence-electron chi connectivity index (χ3n) is 2.92. The zero-order chi connectivity index (χ0) is 12.3. The Morgan fingerprint density at radius 3 is 3.12 bits per heavy atom. The lowest BCUT2D eigenvalue weighted by Crippen LogP contribution is -2.12. The molecule has 0 saturated heterocycles. The maximum absolute atomic E-state index is 11.7. The Labute approximate surface area is 101 Å². The number of hydrogen-bond donors (Lipinski definition) is 1. The molecule has 0 fully saturated rings. The van der Waals surface area contributed by atoms with Crippen molar-refractivity contribution in [3.63, 3.8) is 0 Å². The number of fused-ring (bicyclic) bond motifs is 1. The summed E-state index contributed by atoms with van der Waals surface area (Å²) >= 11 is 0. The fraction of sp³-hybridized carbons (Fsp3) is 0.538. The van der Waals surface area contributed by atoms with Gasteiger partial charge in [0.05, 0.1) is 18.0 Å². The lowest BCUT2D eigenvalue weighted by molar-refractivity contribution is 0.0518. The Morgan fingerprint density at radius 2 is 2.35 bits per heavy atom. The highest BCUT2D eigenvalue weighted by Gasteiger charge is 2.17. The van der Waals surface area contributed by atoms with Crippen molar-refractivity contribution in [1.82, 2.24) is 4.98 Å². The summed E-state index contributed by atoms with van der Waals surface area (Å²) in [5.74, 6) is -0.322. The van der Waals surface area contributed by atoms with Crippen LogP contribution >= 0.6 is 0 Å². The first-order chi connectivity index (χ1) is 8.22. The van der Waals surface area contributed by atoms with Crippen LogP contribution in [0.15, 0.2) is 6.07 Å². The molecular weight excluding hydrogens is 216 g/mol. The zero-order valence-corrected chi connectivity index (χ0v) is 10.4. The van der Waals surface area contributed by atoms with E-state index < -0.39 is 0 Å². The summed E-state index contributed by atoms with van der Waals surface area (Å²) in [6, 6.07) is 2.00. The lowest BCUT2D eigenvalue weighted by atomic mass is 10.1. The van der Waals surface area contributed by atoms with Crippen molar-refractivity contribution in [2.24, 2.45) is 0 Å². The number of aromatic nitrogens is 1. The maximum atomic E-state index is 11.7. The predicted molar refractivity (Wildman–Crippen MR) is 66.4 cm³/mol. The van der Waals surface area contributed by atoms with Gasteiger partial charge in [-0.05, 0) is 44.7 Å². The second-order valence-corrected chi connectivity index (χ2v) is 4.25.